The van der Waals surface area contributed by atoms with Crippen molar-refractivity contribution in [1.29, 1.82) is 0 Å². The number of aliphatic hydroxyl groups is 3. The van der Waals surface area contributed by atoms with Gasteiger partial charge in [-0.3, -0.25) is 0 Å². The van der Waals surface area contributed by atoms with Crippen molar-refractivity contribution in [2.45, 2.75) is 45.1 Å². The Morgan fingerprint density at radius 3 is 1.62 bits per heavy atom. The molecule has 0 unspecified atom stereocenters. The summed E-state index contributed by atoms with van der Waals surface area (Å²) in [4.78, 5) is 0. The minimum absolute atomic E-state index is 0.119. The largest absolute Gasteiger partial charge is 0.396 e. The third-order valence-corrected chi connectivity index (χ3v) is 2.61. The zero-order valence-electron chi connectivity index (χ0n) is 8.66. The van der Waals surface area contributed by atoms with Crippen LogP contribution >= 0.6 is 0 Å². The van der Waals surface area contributed by atoms with Crippen LogP contribution in [-0.2, 0) is 0 Å². The van der Waals surface area contributed by atoms with E-state index in [1.54, 1.807) is 0 Å². The highest BCUT2D eigenvalue weighted by atomic mass is 16.3. The van der Waals surface area contributed by atoms with Gasteiger partial charge in [0.15, 0.2) is 0 Å². The molecule has 0 fully saturated rings. The second-order valence-electron chi connectivity index (χ2n) is 3.91. The zero-order chi connectivity index (χ0) is 10.3. The highest BCUT2D eigenvalue weighted by Crippen LogP contribution is 2.27. The van der Waals surface area contributed by atoms with Gasteiger partial charge in [0.25, 0.3) is 0 Å². The topological polar surface area (TPSA) is 60.7 Å². The zero-order valence-corrected chi connectivity index (χ0v) is 8.66. The number of rotatable bonds is 7. The SMILES string of the molecule is CC(C)C(O)(CCCO)CCCO. The average molecular weight is 190 g/mol. The molecule has 0 aromatic rings. The van der Waals surface area contributed by atoms with Gasteiger partial charge in [0, 0.05) is 13.2 Å². The summed E-state index contributed by atoms with van der Waals surface area (Å²) in [6.07, 6.45) is 2.47. The minimum atomic E-state index is -0.717. The summed E-state index contributed by atoms with van der Waals surface area (Å²) < 4.78 is 0. The lowest BCUT2D eigenvalue weighted by Crippen LogP contribution is -2.35. The van der Waals surface area contributed by atoms with Gasteiger partial charge in [-0.15, -0.1) is 0 Å². The first-order valence-corrected chi connectivity index (χ1v) is 5.01. The number of hydrogen-bond acceptors (Lipinski definition) is 3. The van der Waals surface area contributed by atoms with E-state index in [9.17, 15) is 5.11 Å². The molecule has 0 rings (SSSR count). The summed E-state index contributed by atoms with van der Waals surface area (Å²) in [5.41, 5.74) is -0.717. The lowest BCUT2D eigenvalue weighted by atomic mass is 9.82. The van der Waals surface area contributed by atoms with Gasteiger partial charge in [-0.1, -0.05) is 13.8 Å². The molecule has 3 heteroatoms. The maximum absolute atomic E-state index is 10.1. The van der Waals surface area contributed by atoms with E-state index in [1.807, 2.05) is 13.8 Å². The van der Waals surface area contributed by atoms with Crippen molar-refractivity contribution in [3.8, 4) is 0 Å². The Morgan fingerprint density at radius 2 is 1.38 bits per heavy atom. The first-order valence-electron chi connectivity index (χ1n) is 5.01. The molecule has 80 valence electrons. The van der Waals surface area contributed by atoms with Crippen LogP contribution in [0.5, 0.6) is 0 Å². The molecule has 3 nitrogen and oxygen atoms in total. The molecule has 3 N–H and O–H groups in total. The molecule has 0 aliphatic carbocycles. The summed E-state index contributed by atoms with van der Waals surface area (Å²) in [6.45, 7) is 4.17. The van der Waals surface area contributed by atoms with Crippen molar-refractivity contribution >= 4 is 0 Å². The maximum atomic E-state index is 10.1. The Bertz CT molecular complexity index is 115. The molecule has 0 aliphatic heterocycles. The summed E-state index contributed by atoms with van der Waals surface area (Å²) in [5, 5.41) is 27.5. The van der Waals surface area contributed by atoms with Gasteiger partial charge >= 0.3 is 0 Å². The third kappa shape index (κ3) is 4.60. The molecular weight excluding hydrogens is 168 g/mol. The molecule has 0 saturated carbocycles. The summed E-state index contributed by atoms with van der Waals surface area (Å²) in [5.74, 6) is 0.172. The normalized spacial score (nSPS) is 12.5. The van der Waals surface area contributed by atoms with Crippen LogP contribution in [-0.4, -0.2) is 34.1 Å². The number of hydrogen-bond donors (Lipinski definition) is 3. The predicted octanol–water partition coefficient (Wildman–Crippen LogP) is 0.918. The van der Waals surface area contributed by atoms with Gasteiger partial charge in [0.1, 0.15) is 0 Å². The Morgan fingerprint density at radius 1 is 1.00 bits per heavy atom. The first kappa shape index (κ1) is 12.9. The minimum Gasteiger partial charge on any atom is -0.396 e. The van der Waals surface area contributed by atoms with Gasteiger partial charge in [0.05, 0.1) is 5.60 Å². The molecular formula is C10H22O3. The van der Waals surface area contributed by atoms with Gasteiger partial charge in [0.2, 0.25) is 0 Å². The van der Waals surface area contributed by atoms with E-state index >= 15 is 0 Å². The summed E-state index contributed by atoms with van der Waals surface area (Å²) >= 11 is 0. The lowest BCUT2D eigenvalue weighted by molar-refractivity contribution is -0.0297. The number of aliphatic hydroxyl groups excluding tert-OH is 2. The standard InChI is InChI=1S/C10H22O3/c1-9(2)10(13,5-3-7-11)6-4-8-12/h9,11-13H,3-8H2,1-2H3. The van der Waals surface area contributed by atoms with Crippen LogP contribution in [0.3, 0.4) is 0 Å². The van der Waals surface area contributed by atoms with Gasteiger partial charge in [-0.2, -0.15) is 0 Å². The van der Waals surface area contributed by atoms with E-state index in [0.717, 1.165) is 0 Å². The Balaban J connectivity index is 4.00. The monoisotopic (exact) mass is 190 g/mol. The van der Waals surface area contributed by atoms with E-state index in [-0.39, 0.29) is 19.1 Å². The molecule has 0 atom stereocenters. The van der Waals surface area contributed by atoms with E-state index < -0.39 is 5.60 Å². The van der Waals surface area contributed by atoms with E-state index in [2.05, 4.69) is 0 Å². The molecule has 0 spiro atoms. The fraction of sp³-hybridized carbons (Fsp3) is 1.00. The molecule has 0 bridgehead atoms. The smallest absolute Gasteiger partial charge is 0.0672 e. The van der Waals surface area contributed by atoms with Crippen LogP contribution in [0.15, 0.2) is 0 Å². The Kier molecular flexibility index (Phi) is 6.29. The molecule has 0 aromatic carbocycles. The van der Waals surface area contributed by atoms with Crippen molar-refractivity contribution in [2.24, 2.45) is 5.92 Å². The second kappa shape index (κ2) is 6.35. The molecule has 0 aromatic heterocycles. The molecule has 0 amide bonds. The highest BCUT2D eigenvalue weighted by Gasteiger charge is 2.29. The molecule has 0 aliphatic rings. The quantitative estimate of drug-likeness (QED) is 0.559. The second-order valence-corrected chi connectivity index (χ2v) is 3.91. The average Bonchev–Trinajstić information content (AvgIpc) is 2.11. The molecule has 13 heavy (non-hydrogen) atoms. The lowest BCUT2D eigenvalue weighted by Gasteiger charge is -2.32. The van der Waals surface area contributed by atoms with Crippen LogP contribution in [0.1, 0.15) is 39.5 Å². The summed E-state index contributed by atoms with van der Waals surface area (Å²) in [6, 6.07) is 0. The van der Waals surface area contributed by atoms with Crippen molar-refractivity contribution in [3.63, 3.8) is 0 Å². The van der Waals surface area contributed by atoms with Crippen LogP contribution in [0, 0.1) is 5.92 Å². The van der Waals surface area contributed by atoms with Crippen LogP contribution in [0.4, 0.5) is 0 Å². The van der Waals surface area contributed by atoms with Crippen molar-refractivity contribution in [2.75, 3.05) is 13.2 Å². The third-order valence-electron chi connectivity index (χ3n) is 2.61. The first-order chi connectivity index (χ1) is 6.06. The Labute approximate surface area is 80.4 Å². The van der Waals surface area contributed by atoms with Gasteiger partial charge in [-0.05, 0) is 31.6 Å². The van der Waals surface area contributed by atoms with Crippen LogP contribution < -0.4 is 0 Å². The molecule has 0 radical (unpaired) electrons. The maximum Gasteiger partial charge on any atom is 0.0672 e. The molecule has 0 saturated heterocycles. The highest BCUT2D eigenvalue weighted by molar-refractivity contribution is 4.81. The molecule has 0 heterocycles. The summed E-state index contributed by atoms with van der Waals surface area (Å²) in [7, 11) is 0. The van der Waals surface area contributed by atoms with E-state index in [0.29, 0.717) is 25.7 Å². The fourth-order valence-corrected chi connectivity index (χ4v) is 1.47. The van der Waals surface area contributed by atoms with Crippen molar-refractivity contribution in [1.82, 2.24) is 0 Å². The van der Waals surface area contributed by atoms with Crippen LogP contribution in [0.2, 0.25) is 0 Å². The van der Waals surface area contributed by atoms with Crippen LogP contribution in [0.25, 0.3) is 0 Å². The van der Waals surface area contributed by atoms with E-state index in [4.69, 9.17) is 10.2 Å². The van der Waals surface area contributed by atoms with Gasteiger partial charge in [-0.25, -0.2) is 0 Å². The van der Waals surface area contributed by atoms with Gasteiger partial charge < -0.3 is 15.3 Å². The fourth-order valence-electron chi connectivity index (χ4n) is 1.47. The van der Waals surface area contributed by atoms with Crippen molar-refractivity contribution < 1.29 is 15.3 Å². The predicted molar refractivity (Wildman–Crippen MR) is 52.4 cm³/mol. The van der Waals surface area contributed by atoms with E-state index in [1.165, 1.54) is 0 Å². The van der Waals surface area contributed by atoms with Crippen molar-refractivity contribution in [3.05, 3.63) is 0 Å². The Hall–Kier alpha value is -0.120.